The summed E-state index contributed by atoms with van der Waals surface area (Å²) in [6.45, 7) is 1.70. The Balaban J connectivity index is 1.50. The molecule has 2 saturated heterocycles. The van der Waals surface area contributed by atoms with Crippen LogP contribution in [0.1, 0.15) is 31.2 Å². The Morgan fingerprint density at radius 2 is 2.00 bits per heavy atom. The van der Waals surface area contributed by atoms with Gasteiger partial charge in [0.2, 0.25) is 5.91 Å². The highest BCUT2D eigenvalue weighted by Crippen LogP contribution is 2.27. The lowest BCUT2D eigenvalue weighted by Crippen LogP contribution is -3.21. The van der Waals surface area contributed by atoms with Crippen molar-refractivity contribution < 1.29 is 24.0 Å². The topological polar surface area (TPSA) is 81.1 Å². The van der Waals surface area contributed by atoms with Crippen molar-refractivity contribution in [1.29, 1.82) is 0 Å². The predicted molar refractivity (Wildman–Crippen MR) is 101 cm³/mol. The molecule has 7 heteroatoms. The number of piperidine rings is 1. The van der Waals surface area contributed by atoms with Gasteiger partial charge in [-0.15, -0.1) is 0 Å². The van der Waals surface area contributed by atoms with E-state index >= 15 is 0 Å². The Hall–Kier alpha value is -2.28. The fourth-order valence-electron chi connectivity index (χ4n) is 4.23. The van der Waals surface area contributed by atoms with Crippen molar-refractivity contribution >= 4 is 11.8 Å². The minimum Gasteiger partial charge on any atom is -0.493 e. The van der Waals surface area contributed by atoms with Gasteiger partial charge >= 0.3 is 0 Å². The molecular weight excluding hydrogens is 346 g/mol. The molecule has 0 radical (unpaired) electrons. The van der Waals surface area contributed by atoms with Crippen molar-refractivity contribution in [3.8, 4) is 11.5 Å². The molecule has 3 N–H and O–H groups in total. The number of carbonyl (C=O) groups is 2. The monoisotopic (exact) mass is 376 g/mol. The first-order valence-corrected chi connectivity index (χ1v) is 9.70. The Morgan fingerprint density at radius 3 is 2.78 bits per heavy atom. The minimum atomic E-state index is 0.0525. The van der Waals surface area contributed by atoms with Gasteiger partial charge in [-0.3, -0.25) is 9.59 Å². The van der Waals surface area contributed by atoms with Gasteiger partial charge in [-0.25, -0.2) is 0 Å². The normalized spacial score (nSPS) is 24.5. The molecule has 2 aliphatic rings. The molecule has 7 nitrogen and oxygen atoms in total. The Labute approximate surface area is 160 Å². The fourth-order valence-corrected chi connectivity index (χ4v) is 4.23. The van der Waals surface area contributed by atoms with Gasteiger partial charge in [0.1, 0.15) is 6.04 Å². The number of benzene rings is 1. The highest BCUT2D eigenvalue weighted by Gasteiger charge is 2.39. The number of nitrogens with one attached hydrogen (secondary N) is 3. The Bertz CT molecular complexity index is 679. The second-order valence-electron chi connectivity index (χ2n) is 7.37. The molecule has 3 atom stereocenters. The lowest BCUT2D eigenvalue weighted by Gasteiger charge is -2.36. The average Bonchev–Trinajstić information content (AvgIpc) is 2.75. The van der Waals surface area contributed by atoms with Crippen molar-refractivity contribution in [1.82, 2.24) is 10.6 Å². The zero-order chi connectivity index (χ0) is 19.2. The smallest absolute Gasteiger partial charge is 0.275 e. The molecule has 1 aromatic carbocycles. The number of hydrogen-bond acceptors (Lipinski definition) is 4. The first-order valence-electron chi connectivity index (χ1n) is 9.70. The minimum absolute atomic E-state index is 0.0525. The van der Waals surface area contributed by atoms with Crippen LogP contribution in [-0.2, 0) is 16.0 Å². The quantitative estimate of drug-likeness (QED) is 0.610. The molecule has 2 bridgehead atoms. The van der Waals surface area contributed by atoms with Crippen molar-refractivity contribution in [2.75, 3.05) is 33.9 Å². The van der Waals surface area contributed by atoms with Gasteiger partial charge in [-0.05, 0) is 30.5 Å². The number of rotatable bonds is 7. The largest absolute Gasteiger partial charge is 0.493 e. The maximum absolute atomic E-state index is 12.5. The molecule has 0 aliphatic carbocycles. The summed E-state index contributed by atoms with van der Waals surface area (Å²) in [5.41, 5.74) is 1.08. The highest BCUT2D eigenvalue weighted by molar-refractivity contribution is 5.78. The molecule has 3 rings (SSSR count). The third-order valence-corrected chi connectivity index (χ3v) is 5.68. The van der Waals surface area contributed by atoms with Crippen LogP contribution < -0.4 is 25.0 Å². The lowest BCUT2D eigenvalue weighted by molar-refractivity contribution is -0.945. The van der Waals surface area contributed by atoms with E-state index in [-0.39, 0.29) is 17.9 Å². The van der Waals surface area contributed by atoms with Gasteiger partial charge < -0.3 is 25.0 Å². The zero-order valence-electron chi connectivity index (χ0n) is 16.2. The molecule has 1 unspecified atom stereocenters. The van der Waals surface area contributed by atoms with E-state index in [0.29, 0.717) is 43.6 Å². The summed E-state index contributed by atoms with van der Waals surface area (Å²) in [4.78, 5) is 25.6. The van der Waals surface area contributed by atoms with Crippen molar-refractivity contribution in [2.45, 2.75) is 44.2 Å². The molecule has 0 spiro atoms. The summed E-state index contributed by atoms with van der Waals surface area (Å²) in [6, 6.07) is 6.42. The van der Waals surface area contributed by atoms with Gasteiger partial charge in [-0.2, -0.15) is 0 Å². The maximum atomic E-state index is 12.5. The summed E-state index contributed by atoms with van der Waals surface area (Å²) >= 11 is 0. The molecule has 0 saturated carbocycles. The average molecular weight is 376 g/mol. The van der Waals surface area contributed by atoms with Crippen molar-refractivity contribution in [3.63, 3.8) is 0 Å². The molecule has 27 heavy (non-hydrogen) atoms. The van der Waals surface area contributed by atoms with Gasteiger partial charge in [0, 0.05) is 19.4 Å². The standard InChI is InChI=1S/C20H29N3O4/c1-26-17-7-6-14(10-18(17)27-2)8-9-21-20(25)13-23-15-4-3-5-16(23)12-22-19(24)11-15/h6-7,10,15-16H,3-5,8-9,11-13H2,1-2H3,(H,21,25)(H,22,24)/p+1/t15-,16+/m0/s1. The SMILES string of the molecule is COc1ccc(CCNC(=O)C[NH+]2[C@@H]3CCC[C@H]2CC(=O)NC3)cc1OC. The van der Waals surface area contributed by atoms with Gasteiger partial charge in [-0.1, -0.05) is 6.07 Å². The van der Waals surface area contributed by atoms with Crippen LogP contribution in [0.15, 0.2) is 18.2 Å². The fraction of sp³-hybridized carbons (Fsp3) is 0.600. The van der Waals surface area contributed by atoms with Crippen LogP contribution in [0.4, 0.5) is 0 Å². The number of carbonyl (C=O) groups excluding carboxylic acids is 2. The lowest BCUT2D eigenvalue weighted by atomic mass is 9.94. The van der Waals surface area contributed by atoms with E-state index in [0.717, 1.165) is 31.2 Å². The van der Waals surface area contributed by atoms with Crippen LogP contribution in [0, 0.1) is 0 Å². The number of hydrogen-bond donors (Lipinski definition) is 3. The summed E-state index contributed by atoms with van der Waals surface area (Å²) < 4.78 is 10.6. The van der Waals surface area contributed by atoms with E-state index in [9.17, 15) is 9.59 Å². The summed E-state index contributed by atoms with van der Waals surface area (Å²) in [7, 11) is 3.23. The summed E-state index contributed by atoms with van der Waals surface area (Å²) in [5.74, 6) is 1.57. The van der Waals surface area contributed by atoms with Gasteiger partial charge in [0.25, 0.3) is 5.91 Å². The number of amides is 2. The van der Waals surface area contributed by atoms with E-state index in [1.54, 1.807) is 14.2 Å². The molecule has 2 fully saturated rings. The number of quaternary nitrogens is 1. The Morgan fingerprint density at radius 1 is 1.22 bits per heavy atom. The first-order chi connectivity index (χ1) is 13.1. The van der Waals surface area contributed by atoms with Crippen molar-refractivity contribution in [3.05, 3.63) is 23.8 Å². The first kappa shape index (κ1) is 19.5. The van der Waals surface area contributed by atoms with E-state index in [1.165, 1.54) is 4.90 Å². The van der Waals surface area contributed by atoms with Crippen LogP contribution in [0.2, 0.25) is 0 Å². The van der Waals surface area contributed by atoms with E-state index in [4.69, 9.17) is 9.47 Å². The second-order valence-corrected chi connectivity index (χ2v) is 7.37. The molecular formula is C20H30N3O4+. The van der Waals surface area contributed by atoms with Crippen LogP contribution in [0.5, 0.6) is 11.5 Å². The van der Waals surface area contributed by atoms with E-state index < -0.39 is 0 Å². The molecule has 148 valence electrons. The molecule has 0 aromatic heterocycles. The van der Waals surface area contributed by atoms with Gasteiger partial charge in [0.05, 0.1) is 33.2 Å². The predicted octanol–water partition coefficient (Wildman–Crippen LogP) is -0.312. The summed E-state index contributed by atoms with van der Waals surface area (Å²) in [5, 5.41) is 6.02. The van der Waals surface area contributed by atoms with Crippen LogP contribution in [-0.4, -0.2) is 57.8 Å². The van der Waals surface area contributed by atoms with Crippen LogP contribution in [0.25, 0.3) is 0 Å². The molecule has 2 aliphatic heterocycles. The number of fused-ring (bicyclic) bond motifs is 2. The van der Waals surface area contributed by atoms with Gasteiger partial charge in [0.15, 0.2) is 18.0 Å². The highest BCUT2D eigenvalue weighted by atomic mass is 16.5. The Kier molecular flexibility index (Phi) is 6.55. The molecule has 2 heterocycles. The molecule has 2 amide bonds. The zero-order valence-corrected chi connectivity index (χ0v) is 16.2. The maximum Gasteiger partial charge on any atom is 0.275 e. The third kappa shape index (κ3) is 4.91. The van der Waals surface area contributed by atoms with E-state index in [1.807, 2.05) is 18.2 Å². The van der Waals surface area contributed by atoms with Crippen LogP contribution in [0.3, 0.4) is 0 Å². The number of ether oxygens (including phenoxy) is 2. The summed E-state index contributed by atoms with van der Waals surface area (Å²) in [6.07, 6.45) is 4.51. The van der Waals surface area contributed by atoms with Crippen LogP contribution >= 0.6 is 0 Å². The number of methoxy groups -OCH3 is 2. The van der Waals surface area contributed by atoms with E-state index in [2.05, 4.69) is 10.6 Å². The third-order valence-electron chi connectivity index (χ3n) is 5.68. The molecule has 1 aromatic rings. The van der Waals surface area contributed by atoms with Crippen molar-refractivity contribution in [2.24, 2.45) is 0 Å². The second kappa shape index (κ2) is 9.08.